The molecule has 0 radical (unpaired) electrons. The average Bonchev–Trinajstić information content (AvgIpc) is 2.19. The summed E-state index contributed by atoms with van der Waals surface area (Å²) in [5.74, 6) is 0.696. The highest BCUT2D eigenvalue weighted by molar-refractivity contribution is 5.41. The Morgan fingerprint density at radius 2 is 2.38 bits per heavy atom. The molecule has 13 heavy (non-hydrogen) atoms. The van der Waals surface area contributed by atoms with Crippen LogP contribution >= 0.6 is 0 Å². The van der Waals surface area contributed by atoms with Gasteiger partial charge in [0.25, 0.3) is 0 Å². The maximum atomic E-state index is 12.0. The van der Waals surface area contributed by atoms with E-state index < -0.39 is 6.86 Å². The molecule has 0 fully saturated rings. The molecule has 2 nitrogen and oxygen atoms in total. The average molecular weight is 181 g/mol. The van der Waals surface area contributed by atoms with Crippen LogP contribution in [0.3, 0.4) is 0 Å². The summed E-state index contributed by atoms with van der Waals surface area (Å²) in [5, 5.41) is 3.26. The van der Waals surface area contributed by atoms with Crippen molar-refractivity contribution in [2.45, 2.75) is 13.0 Å². The van der Waals surface area contributed by atoms with Crippen molar-refractivity contribution in [3.63, 3.8) is 0 Å². The molecule has 0 unspecified atom stereocenters. The minimum atomic E-state index is -0.746. The summed E-state index contributed by atoms with van der Waals surface area (Å²) in [4.78, 5) is 0. The number of hydrogen-bond acceptors (Lipinski definition) is 2. The third-order valence-electron chi connectivity index (χ3n) is 2.31. The molecule has 0 aromatic heterocycles. The van der Waals surface area contributed by atoms with Gasteiger partial charge in [0.2, 0.25) is 6.86 Å². The molecule has 1 aromatic carbocycles. The molecule has 0 aliphatic carbocycles. The van der Waals surface area contributed by atoms with Crippen LogP contribution in [-0.4, -0.2) is 13.4 Å². The zero-order chi connectivity index (χ0) is 9.10. The molecule has 0 spiro atoms. The molecule has 3 heteroatoms. The van der Waals surface area contributed by atoms with E-state index in [0.29, 0.717) is 5.75 Å². The van der Waals surface area contributed by atoms with E-state index in [-0.39, 0.29) is 0 Å². The summed E-state index contributed by atoms with van der Waals surface area (Å²) in [6.07, 6.45) is 0.922. The number of fused-ring (bicyclic) bond motifs is 1. The van der Waals surface area contributed by atoms with Crippen molar-refractivity contribution in [1.82, 2.24) is 5.32 Å². The van der Waals surface area contributed by atoms with Gasteiger partial charge in [0.15, 0.2) is 0 Å². The molecule has 1 heterocycles. The minimum absolute atomic E-state index is 0.696. The van der Waals surface area contributed by atoms with Gasteiger partial charge < -0.3 is 10.1 Å². The van der Waals surface area contributed by atoms with Crippen molar-refractivity contribution in [3.8, 4) is 5.75 Å². The maximum Gasteiger partial charge on any atom is 0.228 e. The first-order chi connectivity index (χ1) is 6.42. The van der Waals surface area contributed by atoms with Gasteiger partial charge in [0.05, 0.1) is 0 Å². The second-order valence-corrected chi connectivity index (χ2v) is 3.07. The lowest BCUT2D eigenvalue weighted by Gasteiger charge is -2.19. The van der Waals surface area contributed by atoms with E-state index in [1.165, 1.54) is 5.56 Å². The van der Waals surface area contributed by atoms with Crippen molar-refractivity contribution in [2.75, 3.05) is 13.4 Å². The number of halogens is 1. The van der Waals surface area contributed by atoms with Crippen LogP contribution in [0.2, 0.25) is 0 Å². The lowest BCUT2D eigenvalue weighted by Crippen LogP contribution is -2.24. The fraction of sp³-hybridized carbons (Fsp3) is 0.400. The summed E-state index contributed by atoms with van der Waals surface area (Å²) in [5.41, 5.74) is 2.37. The smallest absolute Gasteiger partial charge is 0.228 e. The Labute approximate surface area is 76.7 Å². The van der Waals surface area contributed by atoms with Gasteiger partial charge in [-0.1, -0.05) is 12.1 Å². The monoisotopic (exact) mass is 181 g/mol. The van der Waals surface area contributed by atoms with Gasteiger partial charge in [-0.05, 0) is 30.2 Å². The minimum Gasteiger partial charge on any atom is -0.463 e. The highest BCUT2D eigenvalue weighted by Crippen LogP contribution is 2.24. The maximum absolute atomic E-state index is 12.0. The molecule has 1 aromatic rings. The number of ether oxygens (including phenoxy) is 1. The van der Waals surface area contributed by atoms with E-state index in [1.54, 1.807) is 0 Å². The van der Waals surface area contributed by atoms with Gasteiger partial charge >= 0.3 is 0 Å². The Morgan fingerprint density at radius 3 is 3.23 bits per heavy atom. The van der Waals surface area contributed by atoms with Crippen molar-refractivity contribution in [2.24, 2.45) is 0 Å². The van der Waals surface area contributed by atoms with Crippen molar-refractivity contribution >= 4 is 0 Å². The van der Waals surface area contributed by atoms with E-state index in [4.69, 9.17) is 4.74 Å². The molecule has 0 saturated carbocycles. The Hall–Kier alpha value is -1.09. The zero-order valence-corrected chi connectivity index (χ0v) is 7.35. The second-order valence-electron chi connectivity index (χ2n) is 3.07. The van der Waals surface area contributed by atoms with Crippen LogP contribution < -0.4 is 10.1 Å². The predicted octanol–water partition coefficient (Wildman–Crippen LogP) is 1.64. The third-order valence-corrected chi connectivity index (χ3v) is 2.31. The molecule has 1 N–H and O–H groups in total. The summed E-state index contributed by atoms with van der Waals surface area (Å²) in [6, 6.07) is 5.77. The van der Waals surface area contributed by atoms with Crippen LogP contribution in [0.4, 0.5) is 4.39 Å². The van der Waals surface area contributed by atoms with Gasteiger partial charge in [-0.15, -0.1) is 0 Å². The molecule has 70 valence electrons. The quantitative estimate of drug-likeness (QED) is 0.748. The van der Waals surface area contributed by atoms with E-state index in [1.807, 2.05) is 18.2 Å². The lowest BCUT2D eigenvalue weighted by atomic mass is 10.0. The Bertz CT molecular complexity index is 301. The normalized spacial score (nSPS) is 15.2. The third kappa shape index (κ3) is 1.65. The van der Waals surface area contributed by atoms with Crippen LogP contribution in [0.15, 0.2) is 18.2 Å². The topological polar surface area (TPSA) is 21.3 Å². The summed E-state index contributed by atoms with van der Waals surface area (Å²) in [7, 11) is 0. The number of benzene rings is 1. The van der Waals surface area contributed by atoms with Gasteiger partial charge in [0, 0.05) is 6.54 Å². The number of alkyl halides is 1. The SMILES string of the molecule is FCOc1cccc2c1CCNC2. The van der Waals surface area contributed by atoms with E-state index in [2.05, 4.69) is 5.32 Å². The number of hydrogen-bond donors (Lipinski definition) is 1. The van der Waals surface area contributed by atoms with Gasteiger partial charge in [-0.25, -0.2) is 4.39 Å². The van der Waals surface area contributed by atoms with E-state index >= 15 is 0 Å². The molecule has 1 aliphatic rings. The fourth-order valence-electron chi connectivity index (χ4n) is 1.69. The van der Waals surface area contributed by atoms with Crippen LogP contribution in [0.25, 0.3) is 0 Å². The first kappa shape index (κ1) is 8.51. The molecule has 2 rings (SSSR count). The number of rotatable bonds is 2. The van der Waals surface area contributed by atoms with Gasteiger partial charge in [-0.3, -0.25) is 0 Å². The van der Waals surface area contributed by atoms with Crippen LogP contribution in [0.5, 0.6) is 5.75 Å². The molecule has 1 aliphatic heterocycles. The molecule has 0 saturated heterocycles. The van der Waals surface area contributed by atoms with Crippen LogP contribution in [0, 0.1) is 0 Å². The summed E-state index contributed by atoms with van der Waals surface area (Å²) >= 11 is 0. The highest BCUT2D eigenvalue weighted by Gasteiger charge is 2.12. The highest BCUT2D eigenvalue weighted by atomic mass is 19.1. The lowest BCUT2D eigenvalue weighted by molar-refractivity contribution is 0.189. The largest absolute Gasteiger partial charge is 0.463 e. The van der Waals surface area contributed by atoms with Crippen LogP contribution in [-0.2, 0) is 13.0 Å². The molecule has 0 atom stereocenters. The van der Waals surface area contributed by atoms with E-state index in [9.17, 15) is 4.39 Å². The molecule has 0 amide bonds. The first-order valence-electron chi connectivity index (χ1n) is 4.42. The van der Waals surface area contributed by atoms with Gasteiger partial charge in [0.1, 0.15) is 5.75 Å². The fourth-order valence-corrected chi connectivity index (χ4v) is 1.69. The van der Waals surface area contributed by atoms with Crippen molar-refractivity contribution < 1.29 is 9.13 Å². The summed E-state index contributed by atoms with van der Waals surface area (Å²) < 4.78 is 16.9. The van der Waals surface area contributed by atoms with Crippen molar-refractivity contribution in [3.05, 3.63) is 29.3 Å². The Kier molecular flexibility index (Phi) is 2.45. The molecule has 0 bridgehead atoms. The Morgan fingerprint density at radius 1 is 1.46 bits per heavy atom. The Balaban J connectivity index is 2.34. The second kappa shape index (κ2) is 3.75. The summed E-state index contributed by atoms with van der Waals surface area (Å²) in [6.45, 7) is 1.06. The van der Waals surface area contributed by atoms with Crippen molar-refractivity contribution in [1.29, 1.82) is 0 Å². The predicted molar refractivity (Wildman–Crippen MR) is 48.5 cm³/mol. The van der Waals surface area contributed by atoms with Gasteiger partial charge in [-0.2, -0.15) is 0 Å². The van der Waals surface area contributed by atoms with Crippen LogP contribution in [0.1, 0.15) is 11.1 Å². The van der Waals surface area contributed by atoms with E-state index in [0.717, 1.165) is 25.1 Å². The molecular formula is C10H12FNO. The number of nitrogens with one attached hydrogen (secondary N) is 1. The molecular weight excluding hydrogens is 169 g/mol. The zero-order valence-electron chi connectivity index (χ0n) is 7.35. The first-order valence-corrected chi connectivity index (χ1v) is 4.42. The standard InChI is InChI=1S/C10H12FNO/c11-7-13-10-3-1-2-8-6-12-5-4-9(8)10/h1-3,12H,4-7H2.